The molecule has 98 valence electrons. The molecule has 0 aliphatic heterocycles. The summed E-state index contributed by atoms with van der Waals surface area (Å²) in [7, 11) is 3.26. The highest BCUT2D eigenvalue weighted by molar-refractivity contribution is 6.13. The second-order valence-corrected chi connectivity index (χ2v) is 4.24. The van der Waals surface area contributed by atoms with Gasteiger partial charge in [-0.25, -0.2) is 0 Å². The van der Waals surface area contributed by atoms with Gasteiger partial charge in [-0.05, 0) is 42.3 Å². The lowest BCUT2D eigenvalue weighted by Crippen LogP contribution is -2.08. The van der Waals surface area contributed by atoms with Gasteiger partial charge in [-0.3, -0.25) is 4.42 Å². The number of methoxy groups -OCH3 is 1. The van der Waals surface area contributed by atoms with Gasteiger partial charge in [0.2, 0.25) is 0 Å². The first kappa shape index (κ1) is 13.1. The Hall–Kier alpha value is -2.29. The van der Waals surface area contributed by atoms with Gasteiger partial charge in [0, 0.05) is 0 Å². The van der Waals surface area contributed by atoms with E-state index in [4.69, 9.17) is 9.16 Å². The molecule has 0 unspecified atom stereocenters. The lowest BCUT2D eigenvalue weighted by Gasteiger charge is -2.09. The summed E-state index contributed by atoms with van der Waals surface area (Å²) in [6, 6.07) is 7.17. The van der Waals surface area contributed by atoms with E-state index in [0.29, 0.717) is 0 Å². The van der Waals surface area contributed by atoms with E-state index in [2.05, 4.69) is 0 Å². The number of ether oxygens (including phenoxy) is 1. The minimum Gasteiger partial charge on any atom is -0.508 e. The third-order valence-electron chi connectivity index (χ3n) is 3.09. The van der Waals surface area contributed by atoms with Crippen molar-refractivity contribution < 1.29 is 14.3 Å². The SMILES string of the molecule is COC1=CC(=[O+]C)/C(=C(/C)c2cccc(O)c2)C=C1. The summed E-state index contributed by atoms with van der Waals surface area (Å²) in [4.78, 5) is 0. The normalized spacial score (nSPS) is 19.3. The van der Waals surface area contributed by atoms with Crippen LogP contribution in [0.15, 0.2) is 53.8 Å². The Morgan fingerprint density at radius 1 is 1.26 bits per heavy atom. The molecule has 0 amide bonds. The van der Waals surface area contributed by atoms with Gasteiger partial charge in [0.1, 0.15) is 11.5 Å². The molecule has 3 heteroatoms. The molecule has 1 N–H and O–H groups in total. The molecule has 0 heterocycles. The second-order valence-electron chi connectivity index (χ2n) is 4.24. The van der Waals surface area contributed by atoms with Crippen LogP contribution in [0.1, 0.15) is 12.5 Å². The molecule has 0 spiro atoms. The van der Waals surface area contributed by atoms with Crippen LogP contribution < -0.4 is 0 Å². The van der Waals surface area contributed by atoms with Crippen LogP contribution in [0, 0.1) is 0 Å². The zero-order valence-electron chi connectivity index (χ0n) is 11.3. The Morgan fingerprint density at radius 2 is 2.05 bits per heavy atom. The van der Waals surface area contributed by atoms with Crippen LogP contribution in [0.2, 0.25) is 0 Å². The maximum Gasteiger partial charge on any atom is 0.354 e. The average molecular weight is 257 g/mol. The van der Waals surface area contributed by atoms with E-state index in [1.165, 1.54) is 0 Å². The number of phenolic OH excluding ortho intramolecular Hbond substituents is 1. The number of aromatic hydroxyl groups is 1. The van der Waals surface area contributed by atoms with E-state index in [-0.39, 0.29) is 5.75 Å². The molecule has 0 radical (unpaired) electrons. The molecule has 0 aromatic heterocycles. The fourth-order valence-corrected chi connectivity index (χ4v) is 2.00. The number of hydrogen-bond donors (Lipinski definition) is 1. The fraction of sp³-hybridized carbons (Fsp3) is 0.188. The first-order chi connectivity index (χ1) is 9.15. The van der Waals surface area contributed by atoms with Gasteiger partial charge in [0.15, 0.2) is 0 Å². The molecule has 19 heavy (non-hydrogen) atoms. The van der Waals surface area contributed by atoms with Gasteiger partial charge < -0.3 is 9.84 Å². The molecule has 1 aliphatic rings. The van der Waals surface area contributed by atoms with Crippen molar-refractivity contribution in [1.29, 1.82) is 0 Å². The van der Waals surface area contributed by atoms with Crippen LogP contribution in [0.25, 0.3) is 5.57 Å². The van der Waals surface area contributed by atoms with Crippen molar-refractivity contribution in [3.63, 3.8) is 0 Å². The summed E-state index contributed by atoms with van der Waals surface area (Å²) in [5, 5.41) is 9.55. The Balaban J connectivity index is 2.48. The van der Waals surface area contributed by atoms with Gasteiger partial charge in [-0.2, -0.15) is 0 Å². The molecule has 1 aliphatic carbocycles. The van der Waals surface area contributed by atoms with Crippen molar-refractivity contribution in [3.8, 4) is 5.75 Å². The predicted molar refractivity (Wildman–Crippen MR) is 75.9 cm³/mol. The molecule has 0 saturated heterocycles. The van der Waals surface area contributed by atoms with Gasteiger partial charge in [-0.15, -0.1) is 0 Å². The summed E-state index contributed by atoms with van der Waals surface area (Å²) >= 11 is 0. The first-order valence-electron chi connectivity index (χ1n) is 6.01. The van der Waals surface area contributed by atoms with E-state index in [9.17, 15) is 5.11 Å². The third kappa shape index (κ3) is 2.76. The van der Waals surface area contributed by atoms with Gasteiger partial charge >= 0.3 is 5.78 Å². The summed E-state index contributed by atoms with van der Waals surface area (Å²) < 4.78 is 10.6. The van der Waals surface area contributed by atoms with Crippen molar-refractivity contribution in [2.24, 2.45) is 0 Å². The van der Waals surface area contributed by atoms with Crippen molar-refractivity contribution in [3.05, 3.63) is 59.4 Å². The predicted octanol–water partition coefficient (Wildman–Crippen LogP) is 3.00. The fourth-order valence-electron chi connectivity index (χ4n) is 2.00. The Morgan fingerprint density at radius 3 is 2.68 bits per heavy atom. The maximum absolute atomic E-state index is 9.55. The topological polar surface area (TPSA) is 40.8 Å². The Labute approximate surface area is 112 Å². The van der Waals surface area contributed by atoms with Crippen LogP contribution in [0.3, 0.4) is 0 Å². The smallest absolute Gasteiger partial charge is 0.354 e. The largest absolute Gasteiger partial charge is 0.508 e. The van der Waals surface area contributed by atoms with E-state index in [1.54, 1.807) is 26.4 Å². The highest BCUT2D eigenvalue weighted by Crippen LogP contribution is 2.26. The van der Waals surface area contributed by atoms with Crippen LogP contribution in [-0.2, 0) is 9.16 Å². The average Bonchev–Trinajstić information content (AvgIpc) is 2.45. The van der Waals surface area contributed by atoms with Crippen LogP contribution in [0.4, 0.5) is 0 Å². The summed E-state index contributed by atoms with van der Waals surface area (Å²) in [6.45, 7) is 2.00. The van der Waals surface area contributed by atoms with Crippen molar-refractivity contribution in [2.75, 3.05) is 14.2 Å². The highest BCUT2D eigenvalue weighted by atomic mass is 16.5. The van der Waals surface area contributed by atoms with Crippen LogP contribution >= 0.6 is 0 Å². The van der Waals surface area contributed by atoms with Crippen LogP contribution in [-0.4, -0.2) is 25.1 Å². The molecule has 0 bridgehead atoms. The second kappa shape index (κ2) is 5.57. The molecule has 0 fully saturated rings. The monoisotopic (exact) mass is 257 g/mol. The number of hydrogen-bond acceptors (Lipinski definition) is 2. The minimum atomic E-state index is 0.254. The lowest BCUT2D eigenvalue weighted by molar-refractivity contribution is -0.418. The van der Waals surface area contributed by atoms with Crippen molar-refractivity contribution in [1.82, 2.24) is 0 Å². The molecular weight excluding hydrogens is 240 g/mol. The molecule has 2 rings (SSSR count). The number of benzene rings is 1. The molecule has 0 saturated carbocycles. The number of allylic oxidation sites excluding steroid dienone is 5. The number of carbonyl (C=O) groups excluding carboxylic acids is 1. The first-order valence-corrected chi connectivity index (χ1v) is 6.01. The van der Waals surface area contributed by atoms with E-state index >= 15 is 0 Å². The number of rotatable bonds is 2. The summed E-state index contributed by atoms with van der Waals surface area (Å²) in [6.07, 6.45) is 5.70. The standard InChI is InChI=1S/C16H16O3/c1-11(12-5-4-6-13(17)9-12)15-8-7-14(18-2)10-16(15)19-3/h4-10H,1-3H3/p+1/b15-11-. The van der Waals surface area contributed by atoms with Crippen LogP contribution in [0.5, 0.6) is 5.75 Å². The number of ketones is 1. The third-order valence-corrected chi connectivity index (χ3v) is 3.09. The van der Waals surface area contributed by atoms with E-state index in [0.717, 1.165) is 28.3 Å². The maximum atomic E-state index is 9.55. The quantitative estimate of drug-likeness (QED) is 0.653. The Bertz CT molecular complexity index is 604. The summed E-state index contributed by atoms with van der Waals surface area (Å²) in [5.41, 5.74) is 2.98. The molecular formula is C16H17O3+. The van der Waals surface area contributed by atoms with Gasteiger partial charge in [0.05, 0.1) is 18.8 Å². The van der Waals surface area contributed by atoms with Gasteiger partial charge in [0.25, 0.3) is 7.11 Å². The highest BCUT2D eigenvalue weighted by Gasteiger charge is 2.21. The molecule has 1 aromatic rings. The zero-order chi connectivity index (χ0) is 13.8. The van der Waals surface area contributed by atoms with E-state index in [1.807, 2.05) is 37.3 Å². The molecule has 0 atom stereocenters. The van der Waals surface area contributed by atoms with E-state index < -0.39 is 0 Å². The zero-order valence-corrected chi connectivity index (χ0v) is 11.3. The van der Waals surface area contributed by atoms with Gasteiger partial charge in [-0.1, -0.05) is 12.1 Å². The molecule has 3 nitrogen and oxygen atoms in total. The summed E-state index contributed by atoms with van der Waals surface area (Å²) in [5.74, 6) is 1.76. The van der Waals surface area contributed by atoms with Crippen molar-refractivity contribution in [2.45, 2.75) is 6.92 Å². The Kier molecular flexibility index (Phi) is 3.85. The minimum absolute atomic E-state index is 0.254. The molecule has 1 aromatic carbocycles. The number of phenols is 1. The lowest BCUT2D eigenvalue weighted by atomic mass is 9.95. The van der Waals surface area contributed by atoms with Crippen molar-refractivity contribution >= 4 is 11.4 Å².